The molecule has 0 amide bonds. The van der Waals surface area contributed by atoms with Gasteiger partial charge in [-0.1, -0.05) is 32.1 Å². The minimum atomic E-state index is 0.404. The predicted molar refractivity (Wildman–Crippen MR) is 72.9 cm³/mol. The lowest BCUT2D eigenvalue weighted by Crippen LogP contribution is -2.12. The molecule has 0 atom stereocenters. The van der Waals surface area contributed by atoms with E-state index >= 15 is 0 Å². The van der Waals surface area contributed by atoms with E-state index in [0.717, 1.165) is 4.77 Å². The van der Waals surface area contributed by atoms with E-state index in [2.05, 4.69) is 28.6 Å². The standard InChI is InChI=1S/C13H23N3S/c1-10(2)16-12(14-15-13(16)17)11-8-6-4-3-5-7-9-11/h10-11H,3-9H2,1-2H3,(H,15,17). The second kappa shape index (κ2) is 5.80. The molecule has 2 rings (SSSR count). The van der Waals surface area contributed by atoms with E-state index in [1.165, 1.54) is 50.8 Å². The monoisotopic (exact) mass is 253 g/mol. The van der Waals surface area contributed by atoms with Gasteiger partial charge in [0.15, 0.2) is 4.77 Å². The van der Waals surface area contributed by atoms with Crippen LogP contribution in [0.3, 0.4) is 0 Å². The van der Waals surface area contributed by atoms with Crippen molar-refractivity contribution in [3.63, 3.8) is 0 Å². The zero-order valence-electron chi connectivity index (χ0n) is 10.9. The molecular weight excluding hydrogens is 230 g/mol. The average Bonchev–Trinajstić information content (AvgIpc) is 2.59. The third kappa shape index (κ3) is 2.97. The molecule has 0 saturated heterocycles. The van der Waals surface area contributed by atoms with Crippen molar-refractivity contribution in [1.82, 2.24) is 14.8 Å². The summed E-state index contributed by atoms with van der Waals surface area (Å²) in [7, 11) is 0. The normalized spacial score (nSPS) is 19.2. The Morgan fingerprint density at radius 2 is 1.76 bits per heavy atom. The van der Waals surface area contributed by atoms with Crippen molar-refractivity contribution in [2.45, 2.75) is 70.8 Å². The smallest absolute Gasteiger partial charge is 0.195 e. The quantitative estimate of drug-likeness (QED) is 0.795. The van der Waals surface area contributed by atoms with Crippen molar-refractivity contribution in [2.75, 3.05) is 0 Å². The fourth-order valence-electron chi connectivity index (χ4n) is 2.82. The van der Waals surface area contributed by atoms with Crippen LogP contribution in [0.5, 0.6) is 0 Å². The van der Waals surface area contributed by atoms with E-state index in [4.69, 9.17) is 12.2 Å². The lowest BCUT2D eigenvalue weighted by molar-refractivity contribution is 0.419. The van der Waals surface area contributed by atoms with E-state index < -0.39 is 0 Å². The maximum Gasteiger partial charge on any atom is 0.195 e. The summed E-state index contributed by atoms with van der Waals surface area (Å²) < 4.78 is 2.97. The number of aromatic nitrogens is 3. The SMILES string of the molecule is CC(C)n1c(C2CCCCCCC2)n[nH]c1=S. The van der Waals surface area contributed by atoms with Crippen molar-refractivity contribution in [1.29, 1.82) is 0 Å². The van der Waals surface area contributed by atoms with Crippen molar-refractivity contribution >= 4 is 12.2 Å². The van der Waals surface area contributed by atoms with Crippen LogP contribution in [0.15, 0.2) is 0 Å². The fraction of sp³-hybridized carbons (Fsp3) is 0.846. The number of H-pyrrole nitrogens is 1. The molecule has 96 valence electrons. The molecule has 0 aromatic carbocycles. The first-order valence-corrected chi connectivity index (χ1v) is 7.27. The Labute approximate surface area is 109 Å². The first kappa shape index (κ1) is 12.8. The summed E-state index contributed by atoms with van der Waals surface area (Å²) in [6.45, 7) is 4.36. The first-order valence-electron chi connectivity index (χ1n) is 6.87. The Morgan fingerprint density at radius 1 is 1.18 bits per heavy atom. The van der Waals surface area contributed by atoms with Crippen LogP contribution in [-0.4, -0.2) is 14.8 Å². The van der Waals surface area contributed by atoms with E-state index in [0.29, 0.717) is 12.0 Å². The van der Waals surface area contributed by atoms with Crippen molar-refractivity contribution in [3.8, 4) is 0 Å². The second-order valence-electron chi connectivity index (χ2n) is 5.39. The van der Waals surface area contributed by atoms with Gasteiger partial charge in [-0.3, -0.25) is 5.10 Å². The maximum atomic E-state index is 5.32. The molecule has 1 aliphatic carbocycles. The van der Waals surface area contributed by atoms with Crippen LogP contribution in [0.2, 0.25) is 0 Å². The highest BCUT2D eigenvalue weighted by Crippen LogP contribution is 2.30. The highest BCUT2D eigenvalue weighted by atomic mass is 32.1. The number of nitrogens with one attached hydrogen (secondary N) is 1. The lowest BCUT2D eigenvalue weighted by atomic mass is 9.90. The van der Waals surface area contributed by atoms with E-state index in [1.807, 2.05) is 0 Å². The van der Waals surface area contributed by atoms with Gasteiger partial charge in [0, 0.05) is 12.0 Å². The molecule has 1 heterocycles. The molecule has 0 spiro atoms. The third-order valence-electron chi connectivity index (χ3n) is 3.72. The van der Waals surface area contributed by atoms with E-state index in [9.17, 15) is 0 Å². The summed E-state index contributed by atoms with van der Waals surface area (Å²) in [5.41, 5.74) is 0. The molecular formula is C13H23N3S. The van der Waals surface area contributed by atoms with Crippen molar-refractivity contribution in [2.24, 2.45) is 0 Å². The summed E-state index contributed by atoms with van der Waals surface area (Å²) >= 11 is 5.32. The fourth-order valence-corrected chi connectivity index (χ4v) is 3.17. The minimum Gasteiger partial charge on any atom is -0.301 e. The summed E-state index contributed by atoms with van der Waals surface area (Å²) in [4.78, 5) is 0. The van der Waals surface area contributed by atoms with Gasteiger partial charge in [-0.25, -0.2) is 0 Å². The zero-order valence-corrected chi connectivity index (χ0v) is 11.7. The van der Waals surface area contributed by atoms with Crippen LogP contribution < -0.4 is 0 Å². The van der Waals surface area contributed by atoms with E-state index in [1.54, 1.807) is 0 Å². The molecule has 1 saturated carbocycles. The summed E-state index contributed by atoms with van der Waals surface area (Å²) in [6.07, 6.45) is 9.37. The lowest BCUT2D eigenvalue weighted by Gasteiger charge is -2.21. The van der Waals surface area contributed by atoms with Crippen LogP contribution >= 0.6 is 12.2 Å². The summed E-state index contributed by atoms with van der Waals surface area (Å²) in [5.74, 6) is 1.79. The summed E-state index contributed by atoms with van der Waals surface area (Å²) in [6, 6.07) is 0.404. The van der Waals surface area contributed by atoms with Crippen LogP contribution in [0.1, 0.15) is 76.6 Å². The maximum absolute atomic E-state index is 5.32. The van der Waals surface area contributed by atoms with Gasteiger partial charge < -0.3 is 4.57 Å². The van der Waals surface area contributed by atoms with Gasteiger partial charge in [0.2, 0.25) is 0 Å². The molecule has 3 nitrogen and oxygen atoms in total. The van der Waals surface area contributed by atoms with Crippen LogP contribution in [0.4, 0.5) is 0 Å². The molecule has 0 radical (unpaired) electrons. The highest BCUT2D eigenvalue weighted by molar-refractivity contribution is 7.71. The summed E-state index contributed by atoms with van der Waals surface area (Å²) in [5, 5.41) is 7.45. The third-order valence-corrected chi connectivity index (χ3v) is 4.01. The second-order valence-corrected chi connectivity index (χ2v) is 5.78. The van der Waals surface area contributed by atoms with Gasteiger partial charge in [0.05, 0.1) is 0 Å². The molecule has 1 aromatic rings. The van der Waals surface area contributed by atoms with Gasteiger partial charge in [0.25, 0.3) is 0 Å². The number of aromatic amines is 1. The largest absolute Gasteiger partial charge is 0.301 e. The molecule has 1 fully saturated rings. The number of hydrogen-bond acceptors (Lipinski definition) is 2. The van der Waals surface area contributed by atoms with E-state index in [-0.39, 0.29) is 0 Å². The molecule has 17 heavy (non-hydrogen) atoms. The molecule has 1 aliphatic rings. The Bertz CT molecular complexity index is 397. The van der Waals surface area contributed by atoms with Crippen LogP contribution in [0, 0.1) is 4.77 Å². The van der Waals surface area contributed by atoms with Gasteiger partial charge in [-0.2, -0.15) is 5.10 Å². The molecule has 1 N–H and O–H groups in total. The average molecular weight is 253 g/mol. The van der Waals surface area contributed by atoms with Gasteiger partial charge >= 0.3 is 0 Å². The Morgan fingerprint density at radius 3 is 2.35 bits per heavy atom. The van der Waals surface area contributed by atoms with Crippen LogP contribution in [-0.2, 0) is 0 Å². The molecule has 0 unspecified atom stereocenters. The Balaban J connectivity index is 2.22. The Hall–Kier alpha value is -0.640. The first-order chi connectivity index (χ1) is 8.20. The minimum absolute atomic E-state index is 0.404. The number of nitrogens with zero attached hydrogens (tertiary/aromatic N) is 2. The number of hydrogen-bond donors (Lipinski definition) is 1. The number of rotatable bonds is 2. The van der Waals surface area contributed by atoms with Crippen molar-refractivity contribution in [3.05, 3.63) is 10.6 Å². The molecule has 1 aromatic heterocycles. The van der Waals surface area contributed by atoms with Gasteiger partial charge in [-0.05, 0) is 38.9 Å². The van der Waals surface area contributed by atoms with Crippen LogP contribution in [0.25, 0.3) is 0 Å². The van der Waals surface area contributed by atoms with Gasteiger partial charge in [-0.15, -0.1) is 0 Å². The highest BCUT2D eigenvalue weighted by Gasteiger charge is 2.20. The topological polar surface area (TPSA) is 33.6 Å². The van der Waals surface area contributed by atoms with Crippen molar-refractivity contribution < 1.29 is 0 Å². The van der Waals surface area contributed by atoms with Gasteiger partial charge in [0.1, 0.15) is 5.82 Å². The molecule has 0 aliphatic heterocycles. The zero-order chi connectivity index (χ0) is 12.3. The molecule has 0 bridgehead atoms. The Kier molecular flexibility index (Phi) is 4.37. The molecule has 4 heteroatoms. The predicted octanol–water partition coefficient (Wildman–Crippen LogP) is 4.35.